The molecule has 24 heavy (non-hydrogen) atoms. The summed E-state index contributed by atoms with van der Waals surface area (Å²) in [4.78, 5) is 19.1. The number of amides is 1. The Morgan fingerprint density at radius 1 is 1.46 bits per heavy atom. The van der Waals surface area contributed by atoms with Gasteiger partial charge in [-0.15, -0.1) is 0 Å². The number of likely N-dealkylation sites (tertiary alicyclic amines) is 1. The molecule has 1 aromatic heterocycles. The van der Waals surface area contributed by atoms with Gasteiger partial charge in [0.1, 0.15) is 5.84 Å². The van der Waals surface area contributed by atoms with Crippen molar-refractivity contribution in [1.82, 2.24) is 14.8 Å². The van der Waals surface area contributed by atoms with Crippen molar-refractivity contribution in [1.29, 1.82) is 0 Å². The third-order valence-electron chi connectivity index (χ3n) is 4.59. The molecule has 2 N–H and O–H groups in total. The number of amidine groups is 1. The van der Waals surface area contributed by atoms with Crippen molar-refractivity contribution >= 4 is 38.6 Å². The number of hydrogen-bond acceptors (Lipinski definition) is 4. The van der Waals surface area contributed by atoms with Gasteiger partial charge in [-0.05, 0) is 18.6 Å². The zero-order valence-electron chi connectivity index (χ0n) is 13.2. The Balaban J connectivity index is 1.73. The SMILES string of the molecule is O=C(c1cn(CC2=NCCN2)c2cc(Br)ccc12)N1CCC(O)C1. The molecule has 1 fully saturated rings. The van der Waals surface area contributed by atoms with Crippen LogP contribution in [0.4, 0.5) is 0 Å². The number of benzene rings is 1. The number of β-amino-alcohol motifs (C(OH)–C–C–N with tert-alkyl or cyclic N) is 1. The molecule has 2 aromatic rings. The largest absolute Gasteiger partial charge is 0.391 e. The Morgan fingerprint density at radius 2 is 2.33 bits per heavy atom. The van der Waals surface area contributed by atoms with Gasteiger partial charge in [-0.2, -0.15) is 0 Å². The molecule has 1 aromatic carbocycles. The molecule has 0 saturated carbocycles. The molecule has 1 atom stereocenters. The average molecular weight is 391 g/mol. The van der Waals surface area contributed by atoms with Crippen LogP contribution < -0.4 is 5.32 Å². The van der Waals surface area contributed by atoms with E-state index in [-0.39, 0.29) is 5.91 Å². The number of nitrogens with zero attached hydrogens (tertiary/aromatic N) is 3. The first kappa shape index (κ1) is 15.7. The van der Waals surface area contributed by atoms with E-state index in [0.29, 0.717) is 31.6 Å². The number of aliphatic hydroxyl groups excluding tert-OH is 1. The highest BCUT2D eigenvalue weighted by Crippen LogP contribution is 2.27. The molecule has 0 bridgehead atoms. The second-order valence-electron chi connectivity index (χ2n) is 6.28. The molecular formula is C17H19BrN4O2. The fourth-order valence-corrected chi connectivity index (χ4v) is 3.73. The lowest BCUT2D eigenvalue weighted by molar-refractivity contribution is 0.0766. The van der Waals surface area contributed by atoms with Crippen LogP contribution >= 0.6 is 15.9 Å². The zero-order valence-corrected chi connectivity index (χ0v) is 14.8. The number of halogens is 1. The highest BCUT2D eigenvalue weighted by atomic mass is 79.9. The maximum absolute atomic E-state index is 12.9. The molecule has 1 amide bonds. The molecule has 2 aliphatic heterocycles. The van der Waals surface area contributed by atoms with Crippen LogP contribution in [0.5, 0.6) is 0 Å². The number of aliphatic hydroxyl groups is 1. The molecule has 1 saturated heterocycles. The number of carbonyl (C=O) groups is 1. The topological polar surface area (TPSA) is 69.9 Å². The number of carbonyl (C=O) groups excluding carboxylic acids is 1. The van der Waals surface area contributed by atoms with E-state index in [0.717, 1.165) is 34.3 Å². The standard InChI is InChI=1S/C17H19BrN4O2/c18-11-1-2-13-14(17(24)21-6-3-12(23)8-21)9-22(15(13)7-11)10-16-19-4-5-20-16/h1-2,7,9,12,23H,3-6,8,10H2,(H,19,20). The molecule has 0 radical (unpaired) electrons. The van der Waals surface area contributed by atoms with Crippen molar-refractivity contribution < 1.29 is 9.90 Å². The van der Waals surface area contributed by atoms with Gasteiger partial charge >= 0.3 is 0 Å². The first-order valence-electron chi connectivity index (χ1n) is 8.15. The minimum atomic E-state index is -0.409. The fraction of sp³-hybridized carbons (Fsp3) is 0.412. The molecule has 2 aliphatic rings. The summed E-state index contributed by atoms with van der Waals surface area (Å²) in [6, 6.07) is 5.95. The van der Waals surface area contributed by atoms with Crippen molar-refractivity contribution in [3.63, 3.8) is 0 Å². The van der Waals surface area contributed by atoms with Gasteiger partial charge in [0, 0.05) is 35.7 Å². The van der Waals surface area contributed by atoms with Gasteiger partial charge in [-0.3, -0.25) is 9.79 Å². The molecule has 7 heteroatoms. The van der Waals surface area contributed by atoms with Gasteiger partial charge in [0.2, 0.25) is 0 Å². The average Bonchev–Trinajstić information content (AvgIpc) is 3.28. The molecule has 3 heterocycles. The molecule has 126 valence electrons. The van der Waals surface area contributed by atoms with E-state index in [9.17, 15) is 9.90 Å². The summed E-state index contributed by atoms with van der Waals surface area (Å²) < 4.78 is 3.04. The Bertz CT molecular complexity index is 829. The highest BCUT2D eigenvalue weighted by Gasteiger charge is 2.27. The van der Waals surface area contributed by atoms with Crippen LogP contribution in [0.25, 0.3) is 10.9 Å². The van der Waals surface area contributed by atoms with Crippen molar-refractivity contribution in [3.8, 4) is 0 Å². The van der Waals surface area contributed by atoms with Gasteiger partial charge in [0.05, 0.1) is 30.3 Å². The summed E-state index contributed by atoms with van der Waals surface area (Å²) in [5.74, 6) is 0.932. The number of aliphatic imine (C=N–C) groups is 1. The molecule has 0 aliphatic carbocycles. The van der Waals surface area contributed by atoms with E-state index in [2.05, 4.69) is 30.8 Å². The summed E-state index contributed by atoms with van der Waals surface area (Å²) in [5.41, 5.74) is 1.69. The van der Waals surface area contributed by atoms with E-state index in [1.54, 1.807) is 4.90 Å². The summed E-state index contributed by atoms with van der Waals surface area (Å²) in [6.45, 7) is 3.32. The summed E-state index contributed by atoms with van der Waals surface area (Å²) in [6.07, 6.45) is 2.15. The van der Waals surface area contributed by atoms with Crippen LogP contribution in [-0.2, 0) is 6.54 Å². The molecule has 1 unspecified atom stereocenters. The van der Waals surface area contributed by atoms with Crippen molar-refractivity contribution in [2.45, 2.75) is 19.1 Å². The van der Waals surface area contributed by atoms with Crippen LogP contribution in [0.2, 0.25) is 0 Å². The molecular weight excluding hydrogens is 372 g/mol. The van der Waals surface area contributed by atoms with Gasteiger partial charge in [-0.25, -0.2) is 0 Å². The lowest BCUT2D eigenvalue weighted by atomic mass is 10.1. The Kier molecular flexibility index (Phi) is 4.05. The van der Waals surface area contributed by atoms with Crippen molar-refractivity contribution in [3.05, 3.63) is 34.4 Å². The Labute approximate surface area is 148 Å². The molecule has 6 nitrogen and oxygen atoms in total. The number of rotatable bonds is 3. The normalized spacial score (nSPS) is 20.5. The monoisotopic (exact) mass is 390 g/mol. The summed E-state index contributed by atoms with van der Waals surface area (Å²) in [7, 11) is 0. The second kappa shape index (κ2) is 6.22. The summed E-state index contributed by atoms with van der Waals surface area (Å²) in [5, 5.41) is 13.9. The quantitative estimate of drug-likeness (QED) is 0.836. The third kappa shape index (κ3) is 2.82. The van der Waals surface area contributed by atoms with E-state index in [1.165, 1.54) is 0 Å². The maximum atomic E-state index is 12.9. The van der Waals surface area contributed by atoms with Crippen molar-refractivity contribution in [2.24, 2.45) is 4.99 Å². The number of fused-ring (bicyclic) bond motifs is 1. The van der Waals surface area contributed by atoms with E-state index >= 15 is 0 Å². The smallest absolute Gasteiger partial charge is 0.256 e. The van der Waals surface area contributed by atoms with Gasteiger partial charge in [0.15, 0.2) is 0 Å². The van der Waals surface area contributed by atoms with Crippen molar-refractivity contribution in [2.75, 3.05) is 26.2 Å². The van der Waals surface area contributed by atoms with E-state index < -0.39 is 6.10 Å². The first-order valence-corrected chi connectivity index (χ1v) is 8.94. The number of nitrogens with one attached hydrogen (secondary N) is 1. The van der Waals surface area contributed by atoms with E-state index in [4.69, 9.17) is 0 Å². The maximum Gasteiger partial charge on any atom is 0.256 e. The molecule has 4 rings (SSSR count). The number of aromatic nitrogens is 1. The predicted molar refractivity (Wildman–Crippen MR) is 96.5 cm³/mol. The third-order valence-corrected chi connectivity index (χ3v) is 5.08. The summed E-state index contributed by atoms with van der Waals surface area (Å²) >= 11 is 3.51. The lowest BCUT2D eigenvalue weighted by Gasteiger charge is -2.14. The van der Waals surface area contributed by atoms with Gasteiger partial charge in [0.25, 0.3) is 5.91 Å². The van der Waals surface area contributed by atoms with Crippen LogP contribution in [0.1, 0.15) is 16.8 Å². The minimum absolute atomic E-state index is 0.0149. The number of hydrogen-bond donors (Lipinski definition) is 2. The fourth-order valence-electron chi connectivity index (χ4n) is 3.38. The van der Waals surface area contributed by atoms with Gasteiger partial charge in [-0.1, -0.05) is 22.0 Å². The van der Waals surface area contributed by atoms with E-state index in [1.807, 2.05) is 24.4 Å². The Morgan fingerprint density at radius 3 is 3.04 bits per heavy atom. The second-order valence-corrected chi connectivity index (χ2v) is 7.20. The lowest BCUT2D eigenvalue weighted by Crippen LogP contribution is -2.29. The van der Waals surface area contributed by atoms with Crippen LogP contribution in [0.3, 0.4) is 0 Å². The van der Waals surface area contributed by atoms with Crippen LogP contribution in [0, 0.1) is 0 Å². The van der Waals surface area contributed by atoms with Gasteiger partial charge < -0.3 is 19.9 Å². The zero-order chi connectivity index (χ0) is 16.7. The molecule has 0 spiro atoms. The Hall–Kier alpha value is -1.86. The van der Waals surface area contributed by atoms with Crippen LogP contribution in [-0.4, -0.2) is 58.6 Å². The first-order chi connectivity index (χ1) is 11.6. The highest BCUT2D eigenvalue weighted by molar-refractivity contribution is 9.10. The minimum Gasteiger partial charge on any atom is -0.391 e. The van der Waals surface area contributed by atoms with Crippen LogP contribution in [0.15, 0.2) is 33.9 Å². The predicted octanol–water partition coefficient (Wildman–Crippen LogP) is 1.61.